The molecule has 295 valence electrons. The Morgan fingerprint density at radius 1 is 0.617 bits per heavy atom. The Kier molecular flexibility index (Phi) is 9.82. The van der Waals surface area contributed by atoms with Crippen LogP contribution in [0.2, 0.25) is 0 Å². The van der Waals surface area contributed by atoms with Gasteiger partial charge in [-0.15, -0.1) is 40.8 Å². The van der Waals surface area contributed by atoms with Crippen molar-refractivity contribution in [2.24, 2.45) is 0 Å². The third-order valence-electron chi connectivity index (χ3n) is 10.6. The van der Waals surface area contributed by atoms with E-state index in [4.69, 9.17) is 13.2 Å². The van der Waals surface area contributed by atoms with E-state index < -0.39 is 13.7 Å². The smallest absolute Gasteiger partial charge is 0.0774 e. The number of aryl methyl sites for hydroxylation is 5. The van der Waals surface area contributed by atoms with Crippen molar-refractivity contribution in [3.63, 3.8) is 0 Å². The Balaban J connectivity index is 0.000000238. The van der Waals surface area contributed by atoms with Gasteiger partial charge in [-0.2, -0.15) is 0 Å². The van der Waals surface area contributed by atoms with E-state index in [-0.39, 0.29) is 31.2 Å². The van der Waals surface area contributed by atoms with Crippen LogP contribution in [0.3, 0.4) is 0 Å². The zero-order valence-electron chi connectivity index (χ0n) is 39.2. The monoisotopic (exact) mass is 976 g/mol. The van der Waals surface area contributed by atoms with Crippen LogP contribution >= 0.6 is 11.3 Å². The molecule has 0 saturated heterocycles. The molecule has 10 aromatic rings. The third kappa shape index (κ3) is 8.05. The third-order valence-corrected chi connectivity index (χ3v) is 11.4. The van der Waals surface area contributed by atoms with E-state index >= 15 is 0 Å². The van der Waals surface area contributed by atoms with Gasteiger partial charge in [0.15, 0.2) is 0 Å². The number of hydrogen-bond donors (Lipinski definition) is 0. The normalized spacial score (nSPS) is 12.8. The van der Waals surface area contributed by atoms with E-state index in [1.165, 1.54) is 84.6 Å². The summed E-state index contributed by atoms with van der Waals surface area (Å²) in [7, 11) is 0. The minimum atomic E-state index is -2.18. The molecule has 0 aliphatic carbocycles. The Morgan fingerprint density at radius 3 is 1.92 bits per heavy atom. The fourth-order valence-electron chi connectivity index (χ4n) is 7.82. The summed E-state index contributed by atoms with van der Waals surface area (Å²) >= 11 is 1.66. The summed E-state index contributed by atoms with van der Waals surface area (Å²) in [5.41, 5.74) is 16.7. The number of imidazole rings is 1. The first kappa shape index (κ1) is 33.6. The molecule has 10 rings (SSSR count). The Morgan fingerprint density at radius 2 is 1.28 bits per heavy atom. The van der Waals surface area contributed by atoms with E-state index in [2.05, 4.69) is 175 Å². The number of aromatic nitrogens is 3. The van der Waals surface area contributed by atoms with Crippen LogP contribution < -0.4 is 0 Å². The molecular formula is C55H43IrN3S-2. The van der Waals surface area contributed by atoms with Gasteiger partial charge in [-0.3, -0.25) is 16.3 Å². The molecule has 3 heterocycles. The van der Waals surface area contributed by atoms with Crippen LogP contribution in [0.15, 0.2) is 170 Å². The molecule has 1 radical (unpaired) electrons. The van der Waals surface area contributed by atoms with Crippen molar-refractivity contribution in [1.82, 2.24) is 14.5 Å². The standard InChI is InChI=1S/C42H31N2S.C13H12N.Ir/c1-27-23-33(30-15-6-4-7-16-30)41(34(24-27)31-17-8-5-9-18-31)44-38-20-11-10-19-37(38)43-42(44)36-26-45-39-22-21-32(25-35(36)39)40-28(2)13-12-14-29(40)3;1-10-3-6-12(7-4-10)13-8-5-11(2)9-14-13;/h4-25H,1-3H3;3-6,8-9H,1-2H3;/q2*-1;/i;1D3,2D3;. The first-order valence-corrected chi connectivity index (χ1v) is 20.3. The summed E-state index contributed by atoms with van der Waals surface area (Å²) < 4.78 is 47.2. The van der Waals surface area contributed by atoms with Gasteiger partial charge >= 0.3 is 0 Å². The summed E-state index contributed by atoms with van der Waals surface area (Å²) in [5, 5.41) is 4.87. The van der Waals surface area contributed by atoms with Crippen LogP contribution in [0.4, 0.5) is 0 Å². The fourth-order valence-corrected chi connectivity index (χ4v) is 8.64. The molecule has 5 heteroatoms. The summed E-state index contributed by atoms with van der Waals surface area (Å²) in [5.74, 6) is 0.902. The average molecular weight is 976 g/mol. The average Bonchev–Trinajstić information content (AvgIpc) is 3.90. The molecule has 3 nitrogen and oxygen atoms in total. The fraction of sp³-hybridized carbons (Fsp3) is 0.0909. The minimum Gasteiger partial charge on any atom is -0.332 e. The van der Waals surface area contributed by atoms with Crippen LogP contribution in [-0.4, -0.2) is 14.5 Å². The van der Waals surface area contributed by atoms with Gasteiger partial charge in [-0.25, -0.2) is 0 Å². The minimum absolute atomic E-state index is 0. The number of hydrogen-bond acceptors (Lipinski definition) is 3. The maximum Gasteiger partial charge on any atom is 0.0774 e. The van der Waals surface area contributed by atoms with Crippen molar-refractivity contribution in [2.45, 2.75) is 34.5 Å². The van der Waals surface area contributed by atoms with E-state index in [9.17, 15) is 0 Å². The van der Waals surface area contributed by atoms with Crippen LogP contribution in [-0.2, 0) is 20.1 Å². The molecule has 60 heavy (non-hydrogen) atoms. The van der Waals surface area contributed by atoms with Gasteiger partial charge in [0.2, 0.25) is 0 Å². The molecule has 0 N–H and O–H groups in total. The quantitative estimate of drug-likeness (QED) is 0.155. The van der Waals surface area contributed by atoms with Crippen LogP contribution in [0.5, 0.6) is 0 Å². The molecular weight excluding hydrogens is 927 g/mol. The van der Waals surface area contributed by atoms with Crippen molar-refractivity contribution < 1.29 is 28.3 Å². The largest absolute Gasteiger partial charge is 0.332 e. The topological polar surface area (TPSA) is 30.7 Å². The van der Waals surface area contributed by atoms with Gasteiger partial charge in [-0.1, -0.05) is 144 Å². The van der Waals surface area contributed by atoms with Gasteiger partial charge in [0.05, 0.1) is 22.5 Å². The van der Waals surface area contributed by atoms with Crippen LogP contribution in [0, 0.1) is 45.9 Å². The zero-order valence-corrected chi connectivity index (χ0v) is 36.5. The summed E-state index contributed by atoms with van der Waals surface area (Å²) in [6, 6.07) is 58.3. The van der Waals surface area contributed by atoms with E-state index in [0.29, 0.717) is 11.3 Å². The van der Waals surface area contributed by atoms with E-state index in [1.807, 2.05) is 0 Å². The molecule has 0 saturated carbocycles. The van der Waals surface area contributed by atoms with Crippen molar-refractivity contribution in [3.05, 3.63) is 209 Å². The van der Waals surface area contributed by atoms with Crippen molar-refractivity contribution in [3.8, 4) is 61.7 Å². The number of benzene rings is 7. The van der Waals surface area contributed by atoms with Gasteiger partial charge in [0.25, 0.3) is 0 Å². The molecule has 0 amide bonds. The molecule has 0 unspecified atom stereocenters. The molecule has 0 fully saturated rings. The predicted molar refractivity (Wildman–Crippen MR) is 249 cm³/mol. The second-order valence-electron chi connectivity index (χ2n) is 14.7. The Bertz CT molecular complexity index is 3170. The van der Waals surface area contributed by atoms with Crippen molar-refractivity contribution >= 4 is 32.5 Å². The van der Waals surface area contributed by atoms with E-state index in [0.717, 1.165) is 28.1 Å². The molecule has 7 aromatic carbocycles. The van der Waals surface area contributed by atoms with Crippen molar-refractivity contribution in [1.29, 1.82) is 0 Å². The maximum absolute atomic E-state index is 7.28. The van der Waals surface area contributed by atoms with Gasteiger partial charge in [0.1, 0.15) is 0 Å². The predicted octanol–water partition coefficient (Wildman–Crippen LogP) is 14.8. The van der Waals surface area contributed by atoms with Crippen molar-refractivity contribution in [2.75, 3.05) is 0 Å². The number of para-hydroxylation sites is 2. The number of rotatable bonds is 6. The van der Waals surface area contributed by atoms with Gasteiger partial charge in [0, 0.05) is 45.7 Å². The number of thiophene rings is 1. The van der Waals surface area contributed by atoms with Gasteiger partial charge < -0.3 is 9.55 Å². The molecule has 0 spiro atoms. The molecule has 0 atom stereocenters. The molecule has 0 bridgehead atoms. The van der Waals surface area contributed by atoms with Gasteiger partial charge in [-0.05, 0) is 102 Å². The number of pyridine rings is 1. The number of fused-ring (bicyclic) bond motifs is 2. The maximum atomic E-state index is 7.28. The first-order valence-electron chi connectivity index (χ1n) is 22.5. The molecule has 0 aliphatic heterocycles. The summed E-state index contributed by atoms with van der Waals surface area (Å²) in [6.07, 6.45) is 1.30. The van der Waals surface area contributed by atoms with E-state index in [1.54, 1.807) is 23.5 Å². The SMILES string of the molecule is Cc1cc(-c2ccccc2)c(-n2c(-c3[c-]sc4ccc(-c5c(C)cccc5C)cc34)nc3ccccc32)c(-c2ccccc2)c1.[2H]C([2H])([2H])c1c[c-]c(-c2ccc(C([2H])([2H])[2H])cn2)cc1.[Ir]. The summed E-state index contributed by atoms with van der Waals surface area (Å²) in [6.45, 7) is 2.24. The Labute approximate surface area is 378 Å². The molecule has 3 aromatic heterocycles. The first-order chi connectivity index (χ1) is 31.2. The Hall–Kier alpha value is -6.23. The van der Waals surface area contributed by atoms with Crippen LogP contribution in [0.1, 0.15) is 36.0 Å². The molecule has 0 aliphatic rings. The zero-order chi connectivity index (χ0) is 45.5. The second-order valence-corrected chi connectivity index (χ2v) is 15.5. The number of nitrogens with zero attached hydrogens (tertiary/aromatic N) is 3. The second kappa shape index (κ2) is 17.5. The summed E-state index contributed by atoms with van der Waals surface area (Å²) in [4.78, 5) is 9.42. The van der Waals surface area contributed by atoms with Crippen LogP contribution in [0.25, 0.3) is 82.8 Å².